The van der Waals surface area contributed by atoms with E-state index in [4.69, 9.17) is 9.47 Å². The number of ether oxygens (including phenoxy) is 2. The highest BCUT2D eigenvalue weighted by atomic mass is 79.9. The Morgan fingerprint density at radius 3 is 2.60 bits per heavy atom. The number of thiophene rings is 1. The van der Waals surface area contributed by atoms with Gasteiger partial charge in [-0.05, 0) is 55.6 Å². The van der Waals surface area contributed by atoms with Crippen LogP contribution in [0, 0.1) is 5.92 Å². The number of carbonyl (C=O) groups is 1. The van der Waals surface area contributed by atoms with E-state index in [1.54, 1.807) is 23.3 Å². The van der Waals surface area contributed by atoms with E-state index in [0.717, 1.165) is 27.1 Å². The zero-order valence-electron chi connectivity index (χ0n) is 15.0. The van der Waals surface area contributed by atoms with Crippen LogP contribution in [0.3, 0.4) is 0 Å². The van der Waals surface area contributed by atoms with Crippen molar-refractivity contribution in [2.45, 2.75) is 45.8 Å². The maximum Gasteiger partial charge on any atom is 0.410 e. The number of piperidine rings is 1. The van der Waals surface area contributed by atoms with E-state index in [-0.39, 0.29) is 12.0 Å². The van der Waals surface area contributed by atoms with Crippen LogP contribution in [0.25, 0.3) is 0 Å². The second kappa shape index (κ2) is 8.51. The third-order valence-corrected chi connectivity index (χ3v) is 5.92. The number of methoxy groups -OCH3 is 1. The third kappa shape index (κ3) is 5.43. The fourth-order valence-corrected chi connectivity index (χ4v) is 4.74. The highest BCUT2D eigenvalue weighted by Gasteiger charge is 2.31. The molecule has 0 unspecified atom stereocenters. The number of likely N-dealkylation sites (tertiary alicyclic amines) is 1. The summed E-state index contributed by atoms with van der Waals surface area (Å²) in [5.41, 5.74) is 0.175. The lowest BCUT2D eigenvalue weighted by atomic mass is 9.91. The molecule has 2 rings (SSSR count). The van der Waals surface area contributed by atoms with Gasteiger partial charge in [-0.1, -0.05) is 5.16 Å². The van der Waals surface area contributed by atoms with E-state index in [1.807, 2.05) is 26.8 Å². The molecule has 1 amide bonds. The van der Waals surface area contributed by atoms with Crippen molar-refractivity contribution in [3.05, 3.63) is 20.3 Å². The zero-order chi connectivity index (χ0) is 18.6. The fourth-order valence-electron chi connectivity index (χ4n) is 2.78. The maximum atomic E-state index is 12.2. The molecule has 0 atom stereocenters. The van der Waals surface area contributed by atoms with Crippen molar-refractivity contribution in [2.75, 3.05) is 20.2 Å². The van der Waals surface area contributed by atoms with Crippen molar-refractivity contribution in [1.82, 2.24) is 4.90 Å². The average Bonchev–Trinajstić information content (AvgIpc) is 2.88. The number of oxime groups is 1. The molecule has 0 aliphatic carbocycles. The summed E-state index contributed by atoms with van der Waals surface area (Å²) >= 11 is 5.10. The Kier molecular flexibility index (Phi) is 6.87. The molecule has 1 aliphatic rings. The number of hydrogen-bond donors (Lipinski definition) is 1. The molecule has 0 bridgehead atoms. The zero-order valence-corrected chi connectivity index (χ0v) is 17.4. The predicted octanol–water partition coefficient (Wildman–Crippen LogP) is 4.48. The van der Waals surface area contributed by atoms with E-state index < -0.39 is 5.60 Å². The molecule has 6 nitrogen and oxygen atoms in total. The van der Waals surface area contributed by atoms with Gasteiger partial charge in [0.25, 0.3) is 0 Å². The average molecular weight is 433 g/mol. The minimum absolute atomic E-state index is 0.106. The minimum Gasteiger partial charge on any atom is -0.444 e. The van der Waals surface area contributed by atoms with Gasteiger partial charge in [-0.2, -0.15) is 0 Å². The van der Waals surface area contributed by atoms with Crippen LogP contribution in [0.2, 0.25) is 0 Å². The van der Waals surface area contributed by atoms with E-state index in [2.05, 4.69) is 21.1 Å². The lowest BCUT2D eigenvalue weighted by Crippen LogP contribution is -2.43. The van der Waals surface area contributed by atoms with Gasteiger partial charge in [0.2, 0.25) is 0 Å². The van der Waals surface area contributed by atoms with Crippen LogP contribution in [-0.4, -0.2) is 47.7 Å². The number of hydrogen-bond acceptors (Lipinski definition) is 6. The van der Waals surface area contributed by atoms with Gasteiger partial charge < -0.3 is 19.6 Å². The lowest BCUT2D eigenvalue weighted by Gasteiger charge is -2.33. The van der Waals surface area contributed by atoms with Gasteiger partial charge in [0.15, 0.2) is 0 Å². The molecule has 1 aliphatic heterocycles. The Hall–Kier alpha value is -1.12. The number of nitrogens with zero attached hydrogens (tertiary/aromatic N) is 2. The molecule has 0 saturated carbocycles. The Morgan fingerprint density at radius 2 is 2.08 bits per heavy atom. The van der Waals surface area contributed by atoms with Gasteiger partial charge in [-0.25, -0.2) is 4.79 Å². The van der Waals surface area contributed by atoms with Crippen molar-refractivity contribution >= 4 is 39.1 Å². The summed E-state index contributed by atoms with van der Waals surface area (Å²) in [6, 6.07) is 1.99. The molecular weight excluding hydrogens is 408 g/mol. The molecular formula is C17H25BrN2O4S. The highest BCUT2D eigenvalue weighted by molar-refractivity contribution is 9.10. The standard InChI is InChI=1S/C17H25BrN2O4S/c1-17(2,3)24-16(21)20-7-5-11(6-8-20)14(19-22)15-13(18)9-12(25-15)10-23-4/h9,11,22H,5-8,10H2,1-4H3/b19-14+. The van der Waals surface area contributed by atoms with Gasteiger partial charge in [0.1, 0.15) is 11.3 Å². The predicted molar refractivity (Wildman–Crippen MR) is 102 cm³/mol. The van der Waals surface area contributed by atoms with Crippen molar-refractivity contribution in [3.8, 4) is 0 Å². The fraction of sp³-hybridized carbons (Fsp3) is 0.647. The molecule has 2 heterocycles. The first-order chi connectivity index (χ1) is 11.7. The molecule has 25 heavy (non-hydrogen) atoms. The van der Waals surface area contributed by atoms with Crippen molar-refractivity contribution in [3.63, 3.8) is 0 Å². The first-order valence-electron chi connectivity index (χ1n) is 8.22. The summed E-state index contributed by atoms with van der Waals surface area (Å²) in [6.45, 7) is 7.29. The van der Waals surface area contributed by atoms with Gasteiger partial charge in [-0.3, -0.25) is 0 Å². The minimum atomic E-state index is -0.495. The van der Waals surface area contributed by atoms with Crippen LogP contribution in [0.1, 0.15) is 43.4 Å². The largest absolute Gasteiger partial charge is 0.444 e. The van der Waals surface area contributed by atoms with Crippen molar-refractivity contribution < 1.29 is 19.5 Å². The van der Waals surface area contributed by atoms with E-state index in [0.29, 0.717) is 25.4 Å². The summed E-state index contributed by atoms with van der Waals surface area (Å²) in [6.07, 6.45) is 1.19. The number of amides is 1. The number of rotatable bonds is 4. The molecule has 8 heteroatoms. The molecule has 1 fully saturated rings. The monoisotopic (exact) mass is 432 g/mol. The normalized spacial score (nSPS) is 17.0. The lowest BCUT2D eigenvalue weighted by molar-refractivity contribution is 0.0201. The smallest absolute Gasteiger partial charge is 0.410 e. The van der Waals surface area contributed by atoms with Crippen LogP contribution in [-0.2, 0) is 16.1 Å². The van der Waals surface area contributed by atoms with Crippen LogP contribution in [0.15, 0.2) is 15.7 Å². The van der Waals surface area contributed by atoms with Crippen molar-refractivity contribution in [2.24, 2.45) is 11.1 Å². The summed E-state index contributed by atoms with van der Waals surface area (Å²) in [5.74, 6) is 0.106. The van der Waals surface area contributed by atoms with Crippen LogP contribution >= 0.6 is 27.3 Å². The molecule has 1 N–H and O–H groups in total. The third-order valence-electron chi connectivity index (χ3n) is 3.90. The Labute approximate surface area is 160 Å². The molecule has 1 aromatic heterocycles. The first kappa shape index (κ1) is 20.2. The van der Waals surface area contributed by atoms with E-state index in [9.17, 15) is 10.0 Å². The van der Waals surface area contributed by atoms with Gasteiger partial charge in [-0.15, -0.1) is 11.3 Å². The topological polar surface area (TPSA) is 71.4 Å². The van der Waals surface area contributed by atoms with Crippen LogP contribution in [0.5, 0.6) is 0 Å². The second-order valence-corrected chi connectivity index (χ2v) is 9.04. The summed E-state index contributed by atoms with van der Waals surface area (Å²) in [7, 11) is 1.65. The van der Waals surface area contributed by atoms with Crippen molar-refractivity contribution in [1.29, 1.82) is 0 Å². The second-order valence-electron chi connectivity index (χ2n) is 7.05. The summed E-state index contributed by atoms with van der Waals surface area (Å²) in [5, 5.41) is 13.1. The van der Waals surface area contributed by atoms with Gasteiger partial charge in [0, 0.05) is 35.5 Å². The molecule has 0 aromatic carbocycles. The Morgan fingerprint density at radius 1 is 1.44 bits per heavy atom. The number of halogens is 1. The maximum absolute atomic E-state index is 12.2. The van der Waals surface area contributed by atoms with Gasteiger partial charge in [0.05, 0.1) is 11.5 Å². The Bertz CT molecular complexity index is 631. The molecule has 0 radical (unpaired) electrons. The van der Waals surface area contributed by atoms with Crippen LogP contribution < -0.4 is 0 Å². The molecule has 1 aromatic rings. The van der Waals surface area contributed by atoms with Crippen LogP contribution in [0.4, 0.5) is 4.79 Å². The highest BCUT2D eigenvalue weighted by Crippen LogP contribution is 2.33. The number of carbonyl (C=O) groups excluding carboxylic acids is 1. The first-order valence-corrected chi connectivity index (χ1v) is 9.83. The summed E-state index contributed by atoms with van der Waals surface area (Å²) < 4.78 is 11.5. The molecule has 1 saturated heterocycles. The summed E-state index contributed by atoms with van der Waals surface area (Å²) in [4.78, 5) is 15.9. The van der Waals surface area contributed by atoms with Gasteiger partial charge >= 0.3 is 6.09 Å². The Balaban J connectivity index is 2.02. The quantitative estimate of drug-likeness (QED) is 0.432. The molecule has 0 spiro atoms. The van der Waals surface area contributed by atoms with E-state index >= 15 is 0 Å². The molecule has 140 valence electrons. The van der Waals surface area contributed by atoms with E-state index in [1.165, 1.54) is 0 Å². The SMILES string of the molecule is COCc1cc(Br)c(/C(=N/O)C2CCN(C(=O)OC(C)(C)C)CC2)s1.